The second-order valence-electron chi connectivity index (χ2n) is 6.24. The molecule has 0 saturated carbocycles. The number of hydrogen-bond donors (Lipinski definition) is 0. The van der Waals surface area contributed by atoms with Gasteiger partial charge in [-0.05, 0) is 24.6 Å². The first kappa shape index (κ1) is 16.5. The first-order valence-electron chi connectivity index (χ1n) is 8.15. The minimum atomic E-state index is -3.63. The number of anilines is 1. The Hall–Kier alpha value is -2.99. The lowest BCUT2D eigenvalue weighted by atomic mass is 10.1. The molecule has 1 fully saturated rings. The van der Waals surface area contributed by atoms with Crippen molar-refractivity contribution in [3.8, 4) is 6.07 Å². The van der Waals surface area contributed by atoms with Gasteiger partial charge in [0.25, 0.3) is 10.0 Å². The van der Waals surface area contributed by atoms with Crippen LogP contribution in [0.5, 0.6) is 0 Å². The number of hydrogen-bond acceptors (Lipinski definition) is 7. The lowest BCUT2D eigenvalue weighted by Crippen LogP contribution is -2.39. The van der Waals surface area contributed by atoms with Gasteiger partial charge in [0, 0.05) is 37.9 Å². The standard InChI is InChI=1S/C17H16N6O2S/c1-22(16-14-4-2-3-5-15(14)26(24,25)21-16)13-7-9-23(11-13)17-19-8-6-12(10-18)20-17/h2-6,8,13H,7,9,11H2,1H3. The molecular formula is C17H16N6O2S. The third-order valence-corrected chi connectivity index (χ3v) is 6.02. The maximum atomic E-state index is 12.3. The summed E-state index contributed by atoms with van der Waals surface area (Å²) in [7, 11) is -1.77. The van der Waals surface area contributed by atoms with Crippen LogP contribution in [0.2, 0.25) is 0 Å². The third kappa shape index (κ3) is 2.68. The molecule has 0 spiro atoms. The minimum Gasteiger partial charge on any atom is -0.354 e. The van der Waals surface area contributed by atoms with E-state index in [1.54, 1.807) is 30.5 Å². The molecule has 4 rings (SSSR count). The Kier molecular flexibility index (Phi) is 3.85. The zero-order valence-corrected chi connectivity index (χ0v) is 14.9. The first-order chi connectivity index (χ1) is 12.5. The minimum absolute atomic E-state index is 0.0736. The predicted octanol–water partition coefficient (Wildman–Crippen LogP) is 1.01. The summed E-state index contributed by atoms with van der Waals surface area (Å²) in [5.41, 5.74) is 0.961. The smallest absolute Gasteiger partial charge is 0.285 e. The van der Waals surface area contributed by atoms with Gasteiger partial charge in [0.05, 0.1) is 0 Å². The molecule has 1 aromatic heterocycles. The first-order valence-corrected chi connectivity index (χ1v) is 9.59. The highest BCUT2D eigenvalue weighted by Crippen LogP contribution is 2.29. The molecule has 2 aliphatic rings. The van der Waals surface area contributed by atoms with E-state index in [4.69, 9.17) is 5.26 Å². The maximum Gasteiger partial charge on any atom is 0.285 e. The van der Waals surface area contributed by atoms with Crippen molar-refractivity contribution in [1.82, 2.24) is 14.9 Å². The Labute approximate surface area is 151 Å². The van der Waals surface area contributed by atoms with Crippen LogP contribution in [0.4, 0.5) is 5.95 Å². The summed E-state index contributed by atoms with van der Waals surface area (Å²) < 4.78 is 28.5. The molecule has 1 aromatic carbocycles. The molecule has 0 aliphatic carbocycles. The molecule has 0 amide bonds. The molecule has 0 N–H and O–H groups in total. The molecule has 0 bridgehead atoms. The van der Waals surface area contributed by atoms with Crippen LogP contribution in [-0.4, -0.2) is 55.3 Å². The summed E-state index contributed by atoms with van der Waals surface area (Å²) in [5, 5.41) is 8.99. The summed E-state index contributed by atoms with van der Waals surface area (Å²) >= 11 is 0. The molecule has 3 heterocycles. The van der Waals surface area contributed by atoms with Gasteiger partial charge < -0.3 is 9.80 Å². The van der Waals surface area contributed by atoms with E-state index >= 15 is 0 Å². The summed E-state index contributed by atoms with van der Waals surface area (Å²) in [4.78, 5) is 12.6. The number of benzene rings is 1. The van der Waals surface area contributed by atoms with Gasteiger partial charge in [-0.25, -0.2) is 9.97 Å². The van der Waals surface area contributed by atoms with Crippen LogP contribution in [0.15, 0.2) is 45.8 Å². The third-order valence-electron chi connectivity index (χ3n) is 4.70. The van der Waals surface area contributed by atoms with Gasteiger partial charge >= 0.3 is 0 Å². The Morgan fingerprint density at radius 1 is 1.31 bits per heavy atom. The van der Waals surface area contributed by atoms with Crippen LogP contribution < -0.4 is 4.90 Å². The number of sulfonamides is 1. The van der Waals surface area contributed by atoms with Gasteiger partial charge in [0.2, 0.25) is 5.95 Å². The lowest BCUT2D eigenvalue weighted by molar-refractivity contribution is 0.393. The van der Waals surface area contributed by atoms with Crippen molar-refractivity contribution in [3.05, 3.63) is 47.8 Å². The Balaban J connectivity index is 1.57. The number of likely N-dealkylation sites (N-methyl/N-ethyl adjacent to an activating group) is 1. The average Bonchev–Trinajstić information content (AvgIpc) is 3.25. The zero-order valence-electron chi connectivity index (χ0n) is 14.1. The van der Waals surface area contributed by atoms with Gasteiger partial charge in [0.1, 0.15) is 16.7 Å². The fourth-order valence-electron chi connectivity index (χ4n) is 3.32. The van der Waals surface area contributed by atoms with Crippen LogP contribution in [0, 0.1) is 11.3 Å². The van der Waals surface area contributed by atoms with Gasteiger partial charge in [-0.15, -0.1) is 4.40 Å². The van der Waals surface area contributed by atoms with E-state index in [-0.39, 0.29) is 10.9 Å². The number of nitrogens with zero attached hydrogens (tertiary/aromatic N) is 6. The van der Waals surface area contributed by atoms with Crippen molar-refractivity contribution < 1.29 is 8.42 Å². The Morgan fingerprint density at radius 2 is 2.12 bits per heavy atom. The fraction of sp³-hybridized carbons (Fsp3) is 0.294. The van der Waals surface area contributed by atoms with Gasteiger partial charge in [0.15, 0.2) is 5.84 Å². The van der Waals surface area contributed by atoms with Crippen LogP contribution in [0.1, 0.15) is 17.7 Å². The van der Waals surface area contributed by atoms with Crippen molar-refractivity contribution in [1.29, 1.82) is 5.26 Å². The maximum absolute atomic E-state index is 12.3. The molecule has 132 valence electrons. The molecule has 2 aliphatic heterocycles. The van der Waals surface area contributed by atoms with Crippen molar-refractivity contribution >= 4 is 21.8 Å². The lowest BCUT2D eigenvalue weighted by Gasteiger charge is -2.26. The zero-order chi connectivity index (χ0) is 18.3. The van der Waals surface area contributed by atoms with Crippen molar-refractivity contribution in [3.63, 3.8) is 0 Å². The number of aromatic nitrogens is 2. The van der Waals surface area contributed by atoms with E-state index < -0.39 is 10.0 Å². The molecule has 1 saturated heterocycles. The van der Waals surface area contributed by atoms with Crippen LogP contribution >= 0.6 is 0 Å². The second-order valence-corrected chi connectivity index (χ2v) is 7.81. The molecule has 1 atom stereocenters. The largest absolute Gasteiger partial charge is 0.354 e. The summed E-state index contributed by atoms with van der Waals surface area (Å²) in [6.07, 6.45) is 2.39. The number of fused-ring (bicyclic) bond motifs is 1. The molecule has 26 heavy (non-hydrogen) atoms. The molecular weight excluding hydrogens is 352 g/mol. The van der Waals surface area contributed by atoms with E-state index in [0.29, 0.717) is 29.6 Å². The molecule has 9 heteroatoms. The highest BCUT2D eigenvalue weighted by atomic mass is 32.2. The summed E-state index contributed by atoms with van der Waals surface area (Å²) in [6.45, 7) is 1.36. The van der Waals surface area contributed by atoms with Crippen molar-refractivity contribution in [2.24, 2.45) is 4.40 Å². The van der Waals surface area contributed by atoms with E-state index in [0.717, 1.165) is 13.0 Å². The van der Waals surface area contributed by atoms with Gasteiger partial charge in [-0.2, -0.15) is 13.7 Å². The van der Waals surface area contributed by atoms with Gasteiger partial charge in [-0.1, -0.05) is 12.1 Å². The molecule has 8 nitrogen and oxygen atoms in total. The fourth-order valence-corrected chi connectivity index (χ4v) is 4.56. The van der Waals surface area contributed by atoms with E-state index in [1.807, 2.05) is 29.0 Å². The average molecular weight is 368 g/mol. The normalized spacial score (nSPS) is 20.4. The van der Waals surface area contributed by atoms with E-state index in [1.165, 1.54) is 0 Å². The van der Waals surface area contributed by atoms with Crippen molar-refractivity contribution in [2.45, 2.75) is 17.4 Å². The van der Waals surface area contributed by atoms with Crippen LogP contribution in [0.3, 0.4) is 0 Å². The second kappa shape index (κ2) is 6.07. The summed E-state index contributed by atoms with van der Waals surface area (Å²) in [5.74, 6) is 0.987. The molecule has 2 aromatic rings. The molecule has 1 unspecified atom stereocenters. The van der Waals surface area contributed by atoms with Gasteiger partial charge in [-0.3, -0.25) is 0 Å². The van der Waals surface area contributed by atoms with Crippen molar-refractivity contribution in [2.75, 3.05) is 25.0 Å². The highest BCUT2D eigenvalue weighted by Gasteiger charge is 2.35. The number of amidine groups is 1. The highest BCUT2D eigenvalue weighted by molar-refractivity contribution is 7.90. The van der Waals surface area contributed by atoms with E-state index in [2.05, 4.69) is 14.4 Å². The number of nitriles is 1. The molecule has 0 radical (unpaired) electrons. The Morgan fingerprint density at radius 3 is 2.92 bits per heavy atom. The van der Waals surface area contributed by atoms with Crippen LogP contribution in [0.25, 0.3) is 0 Å². The van der Waals surface area contributed by atoms with Crippen LogP contribution in [-0.2, 0) is 10.0 Å². The SMILES string of the molecule is CN(C1=NS(=O)(=O)c2ccccc21)C1CCN(c2nccc(C#N)n2)C1. The Bertz CT molecular complexity index is 1040. The quantitative estimate of drug-likeness (QED) is 0.779. The van der Waals surface area contributed by atoms with E-state index in [9.17, 15) is 8.42 Å². The monoisotopic (exact) mass is 368 g/mol. The summed E-state index contributed by atoms with van der Waals surface area (Å²) in [6, 6.07) is 10.5. The number of rotatable bonds is 2. The topological polar surface area (TPSA) is 103 Å². The predicted molar refractivity (Wildman–Crippen MR) is 95.3 cm³/mol.